The Morgan fingerprint density at radius 2 is 0.935 bits per heavy atom. The van der Waals surface area contributed by atoms with Gasteiger partial charge in [0.1, 0.15) is 19.6 Å². The van der Waals surface area contributed by atoms with Crippen LogP contribution in [0.4, 0.5) is 34.1 Å². The minimum absolute atomic E-state index is 0.00865. The molecule has 0 unspecified atom stereocenters. The molecule has 7 nitrogen and oxygen atoms in total. The highest BCUT2D eigenvalue weighted by Crippen LogP contribution is 2.49. The summed E-state index contributed by atoms with van der Waals surface area (Å²) in [4.78, 5) is 43.1. The zero-order valence-corrected chi connectivity index (χ0v) is 16.6. The van der Waals surface area contributed by atoms with Gasteiger partial charge in [-0.1, -0.05) is 36.4 Å². The maximum absolute atomic E-state index is 12.1. The van der Waals surface area contributed by atoms with Crippen LogP contribution in [0.2, 0.25) is 0 Å². The number of rotatable bonds is 6. The molecule has 0 bridgehead atoms. The summed E-state index contributed by atoms with van der Waals surface area (Å²) in [7, 11) is 0. The van der Waals surface area contributed by atoms with E-state index < -0.39 is 0 Å². The molecule has 7 heteroatoms. The second-order valence-corrected chi connectivity index (χ2v) is 7.78. The van der Waals surface area contributed by atoms with Crippen LogP contribution in [-0.4, -0.2) is 37.4 Å². The van der Waals surface area contributed by atoms with Gasteiger partial charge in [-0.05, 0) is 36.4 Å². The van der Waals surface area contributed by atoms with E-state index in [1.165, 1.54) is 0 Å². The Morgan fingerprint density at radius 1 is 0.548 bits per heavy atom. The van der Waals surface area contributed by atoms with Crippen molar-refractivity contribution in [3.05, 3.63) is 72.8 Å². The van der Waals surface area contributed by atoms with E-state index in [1.807, 2.05) is 72.8 Å². The van der Waals surface area contributed by atoms with Crippen molar-refractivity contribution in [1.29, 1.82) is 0 Å². The summed E-state index contributed by atoms with van der Waals surface area (Å²) in [5.74, 6) is 0.0540. The molecule has 0 spiro atoms. The Kier molecular flexibility index (Phi) is 3.67. The number of carbonyl (C=O) groups excluding carboxylic acids is 3. The smallest absolute Gasteiger partial charge is 0.247 e. The van der Waals surface area contributed by atoms with Crippen molar-refractivity contribution in [2.24, 2.45) is 0 Å². The van der Waals surface area contributed by atoms with Gasteiger partial charge in [-0.25, -0.2) is 0 Å². The van der Waals surface area contributed by atoms with Gasteiger partial charge in [-0.15, -0.1) is 0 Å². The third-order valence-corrected chi connectivity index (χ3v) is 5.69. The molecule has 152 valence electrons. The summed E-state index contributed by atoms with van der Waals surface area (Å²) in [6, 6.07) is 23.6. The summed E-state index contributed by atoms with van der Waals surface area (Å²) in [5, 5.41) is 0. The summed E-state index contributed by atoms with van der Waals surface area (Å²) in [6.45, 7) is 0.982. The Morgan fingerprint density at radius 3 is 1.35 bits per heavy atom. The zero-order valence-electron chi connectivity index (χ0n) is 16.6. The molecule has 3 aromatic rings. The highest BCUT2D eigenvalue weighted by molar-refractivity contribution is 6.21. The number of benzene rings is 3. The fourth-order valence-electron chi connectivity index (χ4n) is 3.92. The van der Waals surface area contributed by atoms with Gasteiger partial charge in [0.25, 0.3) is 0 Å². The van der Waals surface area contributed by atoms with Gasteiger partial charge < -0.3 is 4.90 Å². The molecule has 3 aromatic carbocycles. The molecule has 0 aliphatic carbocycles. The first-order chi connectivity index (χ1) is 15.1. The zero-order chi connectivity index (χ0) is 21.1. The van der Waals surface area contributed by atoms with E-state index in [1.54, 1.807) is 14.7 Å². The second-order valence-electron chi connectivity index (χ2n) is 7.78. The van der Waals surface area contributed by atoms with Gasteiger partial charge in [0.2, 0.25) is 17.7 Å². The Labute approximate surface area is 178 Å². The molecule has 0 radical (unpaired) electrons. The first kappa shape index (κ1) is 17.7. The van der Waals surface area contributed by atoms with E-state index in [0.29, 0.717) is 31.0 Å². The van der Waals surface area contributed by atoms with Crippen LogP contribution in [-0.2, 0) is 14.4 Å². The summed E-state index contributed by atoms with van der Waals surface area (Å²) >= 11 is 0. The molecule has 0 saturated carbocycles. The molecule has 3 fully saturated rings. The van der Waals surface area contributed by atoms with Crippen LogP contribution < -0.4 is 19.6 Å². The van der Waals surface area contributed by atoms with E-state index >= 15 is 0 Å². The molecule has 0 N–H and O–H groups in total. The minimum atomic E-state index is 0.00865. The Hall–Kier alpha value is -4.13. The second kappa shape index (κ2) is 6.43. The first-order valence-electron chi connectivity index (χ1n) is 10.1. The van der Waals surface area contributed by atoms with Crippen LogP contribution in [0.15, 0.2) is 72.8 Å². The monoisotopic (exact) mass is 410 g/mol. The minimum Gasteiger partial charge on any atom is -0.308 e. The van der Waals surface area contributed by atoms with Crippen molar-refractivity contribution in [1.82, 2.24) is 0 Å². The van der Waals surface area contributed by atoms with Crippen molar-refractivity contribution in [3.8, 4) is 0 Å². The standard InChI is InChI=1S/C24H18N4O3/c29-22-13-25(22)18-11-20(27-15-24(27)31)21(12-19(18)26-14-23(26)30)28(16-7-3-1-4-8-16)17-9-5-2-6-10-17/h1-12H,13-15H2. The molecule has 3 aliphatic rings. The molecule has 6 rings (SSSR count). The fraction of sp³-hybridized carbons (Fsp3) is 0.125. The highest BCUT2D eigenvalue weighted by Gasteiger charge is 2.43. The lowest BCUT2D eigenvalue weighted by Gasteiger charge is -2.29. The predicted molar refractivity (Wildman–Crippen MR) is 118 cm³/mol. The van der Waals surface area contributed by atoms with Gasteiger partial charge in [0, 0.05) is 11.4 Å². The topological polar surface area (TPSA) is 63.5 Å². The van der Waals surface area contributed by atoms with Crippen LogP contribution in [0.25, 0.3) is 0 Å². The van der Waals surface area contributed by atoms with E-state index in [0.717, 1.165) is 22.7 Å². The average Bonchev–Trinajstić information content (AvgIpc) is 3.73. The van der Waals surface area contributed by atoms with Gasteiger partial charge in [-0.3, -0.25) is 29.1 Å². The lowest BCUT2D eigenvalue weighted by Crippen LogP contribution is -2.14. The summed E-state index contributed by atoms with van der Waals surface area (Å²) in [5.41, 5.74) is 4.75. The van der Waals surface area contributed by atoms with Crippen molar-refractivity contribution < 1.29 is 14.4 Å². The molecular formula is C24H18N4O3. The van der Waals surface area contributed by atoms with Crippen molar-refractivity contribution in [2.45, 2.75) is 0 Å². The number of anilines is 6. The summed E-state index contributed by atoms with van der Waals surface area (Å²) < 4.78 is 0. The van der Waals surface area contributed by atoms with Crippen LogP contribution in [0, 0.1) is 0 Å². The van der Waals surface area contributed by atoms with Crippen molar-refractivity contribution in [3.63, 3.8) is 0 Å². The van der Waals surface area contributed by atoms with Crippen LogP contribution >= 0.6 is 0 Å². The number of carbonyl (C=O) groups is 3. The van der Waals surface area contributed by atoms with E-state index in [4.69, 9.17) is 0 Å². The van der Waals surface area contributed by atoms with E-state index in [2.05, 4.69) is 4.90 Å². The van der Waals surface area contributed by atoms with Crippen molar-refractivity contribution in [2.75, 3.05) is 39.2 Å². The lowest BCUT2D eigenvalue weighted by atomic mass is 10.1. The normalized spacial score (nSPS) is 16.6. The van der Waals surface area contributed by atoms with Gasteiger partial charge in [-0.2, -0.15) is 0 Å². The van der Waals surface area contributed by atoms with Crippen molar-refractivity contribution >= 4 is 51.8 Å². The van der Waals surface area contributed by atoms with Crippen LogP contribution in [0.3, 0.4) is 0 Å². The molecule has 3 amide bonds. The SMILES string of the molecule is O=C1CN1c1cc(N2CC2=O)c(N(c2ccccc2)c2ccccc2)cc1N1CC1=O. The summed E-state index contributed by atoms with van der Waals surface area (Å²) in [6.07, 6.45) is 0. The molecule has 3 heterocycles. The fourth-order valence-corrected chi connectivity index (χ4v) is 3.92. The maximum Gasteiger partial charge on any atom is 0.247 e. The number of hydrogen-bond acceptors (Lipinski definition) is 4. The van der Waals surface area contributed by atoms with Gasteiger partial charge >= 0.3 is 0 Å². The predicted octanol–water partition coefficient (Wildman–Crippen LogP) is 3.20. The van der Waals surface area contributed by atoms with E-state index in [-0.39, 0.29) is 17.7 Å². The third-order valence-electron chi connectivity index (χ3n) is 5.69. The van der Waals surface area contributed by atoms with Crippen LogP contribution in [0.1, 0.15) is 0 Å². The first-order valence-corrected chi connectivity index (χ1v) is 10.1. The van der Waals surface area contributed by atoms with Crippen LogP contribution in [0.5, 0.6) is 0 Å². The molecule has 0 atom stereocenters. The quantitative estimate of drug-likeness (QED) is 0.586. The number of para-hydroxylation sites is 2. The van der Waals surface area contributed by atoms with Gasteiger partial charge in [0.15, 0.2) is 0 Å². The number of amides is 3. The lowest BCUT2D eigenvalue weighted by molar-refractivity contribution is -0.110. The molecular weight excluding hydrogens is 392 g/mol. The van der Waals surface area contributed by atoms with Gasteiger partial charge in [0.05, 0.1) is 22.7 Å². The largest absolute Gasteiger partial charge is 0.308 e. The molecule has 0 aromatic heterocycles. The third kappa shape index (κ3) is 3.02. The average molecular weight is 410 g/mol. The maximum atomic E-state index is 12.1. The molecule has 3 saturated heterocycles. The number of hydrogen-bond donors (Lipinski definition) is 0. The Balaban J connectivity index is 1.59. The Bertz CT molecular complexity index is 1200. The highest BCUT2D eigenvalue weighted by atomic mass is 16.2. The number of nitrogens with zero attached hydrogens (tertiary/aromatic N) is 4. The van der Waals surface area contributed by atoms with E-state index in [9.17, 15) is 14.4 Å². The molecule has 31 heavy (non-hydrogen) atoms. The molecule has 3 aliphatic heterocycles.